The van der Waals surface area contributed by atoms with Gasteiger partial charge in [-0.2, -0.15) is 0 Å². The molecule has 0 spiro atoms. The van der Waals surface area contributed by atoms with E-state index in [0.29, 0.717) is 16.6 Å². The van der Waals surface area contributed by atoms with Gasteiger partial charge < -0.3 is 5.32 Å². The zero-order chi connectivity index (χ0) is 15.2. The van der Waals surface area contributed by atoms with Crippen LogP contribution >= 0.6 is 35.0 Å². The quantitative estimate of drug-likeness (QED) is 0.666. The van der Waals surface area contributed by atoms with Crippen LogP contribution in [0.2, 0.25) is 10.0 Å². The van der Waals surface area contributed by atoms with Gasteiger partial charge in [0.05, 0.1) is 10.0 Å². The standard InChI is InChI=1S/C16H16Cl2FNS/c1-2-5-20-10-11-6-12(19)8-14(7-11)21-13-3-4-15(17)16(18)9-13/h3-4,6-9,20H,2,5,10H2,1H3. The Morgan fingerprint density at radius 1 is 1.05 bits per heavy atom. The fraction of sp³-hybridized carbons (Fsp3) is 0.250. The van der Waals surface area contributed by atoms with Crippen molar-refractivity contribution in [2.75, 3.05) is 6.54 Å². The molecule has 112 valence electrons. The second kappa shape index (κ2) is 8.04. The van der Waals surface area contributed by atoms with Crippen molar-refractivity contribution in [1.82, 2.24) is 5.32 Å². The number of halogens is 3. The molecule has 0 radical (unpaired) electrons. The van der Waals surface area contributed by atoms with Crippen LogP contribution in [0, 0.1) is 5.82 Å². The Bertz CT molecular complexity index is 619. The van der Waals surface area contributed by atoms with Crippen LogP contribution in [-0.2, 0) is 6.54 Å². The van der Waals surface area contributed by atoms with Crippen molar-refractivity contribution in [1.29, 1.82) is 0 Å². The van der Waals surface area contributed by atoms with Gasteiger partial charge in [0, 0.05) is 16.3 Å². The Labute approximate surface area is 138 Å². The molecule has 0 heterocycles. The Balaban J connectivity index is 2.13. The molecular formula is C16H16Cl2FNS. The van der Waals surface area contributed by atoms with Crippen molar-refractivity contribution in [2.24, 2.45) is 0 Å². The molecule has 0 saturated carbocycles. The molecule has 2 rings (SSSR count). The minimum Gasteiger partial charge on any atom is -0.313 e. The van der Waals surface area contributed by atoms with E-state index < -0.39 is 0 Å². The number of hydrogen-bond donors (Lipinski definition) is 1. The van der Waals surface area contributed by atoms with Gasteiger partial charge in [0.15, 0.2) is 0 Å². The Hall–Kier alpha value is -0.740. The summed E-state index contributed by atoms with van der Waals surface area (Å²) in [4.78, 5) is 1.78. The number of rotatable bonds is 6. The highest BCUT2D eigenvalue weighted by Crippen LogP contribution is 2.33. The highest BCUT2D eigenvalue weighted by atomic mass is 35.5. The van der Waals surface area contributed by atoms with E-state index in [0.717, 1.165) is 28.3 Å². The third-order valence-corrected chi connectivity index (χ3v) is 4.51. The van der Waals surface area contributed by atoms with E-state index in [9.17, 15) is 4.39 Å². The maximum Gasteiger partial charge on any atom is 0.124 e. The number of hydrogen-bond acceptors (Lipinski definition) is 2. The molecule has 0 fully saturated rings. The molecule has 5 heteroatoms. The van der Waals surface area contributed by atoms with Gasteiger partial charge in [-0.1, -0.05) is 41.9 Å². The molecule has 21 heavy (non-hydrogen) atoms. The van der Waals surface area contributed by atoms with Crippen molar-refractivity contribution in [3.8, 4) is 0 Å². The van der Waals surface area contributed by atoms with Crippen LogP contribution < -0.4 is 5.32 Å². The van der Waals surface area contributed by atoms with E-state index in [4.69, 9.17) is 23.2 Å². The average Bonchev–Trinajstić information content (AvgIpc) is 2.43. The van der Waals surface area contributed by atoms with Crippen LogP contribution in [0.15, 0.2) is 46.2 Å². The smallest absolute Gasteiger partial charge is 0.124 e. The average molecular weight is 344 g/mol. The molecule has 0 aliphatic heterocycles. The van der Waals surface area contributed by atoms with Crippen LogP contribution in [0.25, 0.3) is 0 Å². The van der Waals surface area contributed by atoms with E-state index in [1.807, 2.05) is 12.1 Å². The molecular weight excluding hydrogens is 328 g/mol. The third kappa shape index (κ3) is 5.19. The van der Waals surface area contributed by atoms with Gasteiger partial charge in [-0.3, -0.25) is 0 Å². The second-order valence-electron chi connectivity index (χ2n) is 4.65. The lowest BCUT2D eigenvalue weighted by Crippen LogP contribution is -2.13. The highest BCUT2D eigenvalue weighted by Gasteiger charge is 2.05. The van der Waals surface area contributed by atoms with Crippen LogP contribution in [0.4, 0.5) is 4.39 Å². The first kappa shape index (κ1) is 16.6. The van der Waals surface area contributed by atoms with Gasteiger partial charge in [-0.25, -0.2) is 4.39 Å². The summed E-state index contributed by atoms with van der Waals surface area (Å²) < 4.78 is 13.7. The van der Waals surface area contributed by atoms with Gasteiger partial charge >= 0.3 is 0 Å². The summed E-state index contributed by atoms with van der Waals surface area (Å²) in [6.07, 6.45) is 1.06. The van der Waals surface area contributed by atoms with Crippen LogP contribution in [-0.4, -0.2) is 6.54 Å². The van der Waals surface area contributed by atoms with Gasteiger partial charge in [-0.15, -0.1) is 0 Å². The molecule has 1 nitrogen and oxygen atoms in total. The van der Waals surface area contributed by atoms with Crippen LogP contribution in [0.3, 0.4) is 0 Å². The molecule has 0 bridgehead atoms. The first-order valence-corrected chi connectivity index (χ1v) is 8.29. The maximum absolute atomic E-state index is 13.7. The van der Waals surface area contributed by atoms with Crippen LogP contribution in [0.5, 0.6) is 0 Å². The Morgan fingerprint density at radius 3 is 2.57 bits per heavy atom. The van der Waals surface area contributed by atoms with Crippen molar-refractivity contribution in [3.05, 3.63) is 57.8 Å². The topological polar surface area (TPSA) is 12.0 Å². The van der Waals surface area contributed by atoms with Crippen molar-refractivity contribution in [2.45, 2.75) is 29.7 Å². The molecule has 0 unspecified atom stereocenters. The van der Waals surface area contributed by atoms with Gasteiger partial charge in [-0.05, 0) is 54.9 Å². The van der Waals surface area contributed by atoms with Crippen molar-refractivity contribution >= 4 is 35.0 Å². The number of benzene rings is 2. The summed E-state index contributed by atoms with van der Waals surface area (Å²) in [7, 11) is 0. The number of nitrogens with one attached hydrogen (secondary N) is 1. The van der Waals surface area contributed by atoms with Crippen molar-refractivity contribution < 1.29 is 4.39 Å². The monoisotopic (exact) mass is 343 g/mol. The minimum atomic E-state index is -0.228. The molecule has 0 atom stereocenters. The Kier molecular flexibility index (Phi) is 6.37. The third-order valence-electron chi connectivity index (χ3n) is 2.81. The fourth-order valence-corrected chi connectivity index (χ4v) is 3.20. The molecule has 0 aliphatic carbocycles. The maximum atomic E-state index is 13.7. The fourth-order valence-electron chi connectivity index (χ4n) is 1.87. The lowest BCUT2D eigenvalue weighted by atomic mass is 10.2. The SMILES string of the molecule is CCCNCc1cc(F)cc(Sc2ccc(Cl)c(Cl)c2)c1. The molecule has 0 aromatic heterocycles. The second-order valence-corrected chi connectivity index (χ2v) is 6.61. The molecule has 0 aliphatic rings. The molecule has 0 amide bonds. The lowest BCUT2D eigenvalue weighted by molar-refractivity contribution is 0.615. The first-order valence-electron chi connectivity index (χ1n) is 6.71. The van der Waals surface area contributed by atoms with Gasteiger partial charge in [0.25, 0.3) is 0 Å². The summed E-state index contributed by atoms with van der Waals surface area (Å²) >= 11 is 13.4. The minimum absolute atomic E-state index is 0.228. The zero-order valence-corrected chi connectivity index (χ0v) is 14.0. The zero-order valence-electron chi connectivity index (χ0n) is 11.6. The van der Waals surface area contributed by atoms with E-state index in [2.05, 4.69) is 12.2 Å². The van der Waals surface area contributed by atoms with E-state index >= 15 is 0 Å². The predicted molar refractivity (Wildman–Crippen MR) is 89.0 cm³/mol. The predicted octanol–water partition coefficient (Wildman–Crippen LogP) is 5.78. The summed E-state index contributed by atoms with van der Waals surface area (Å²) in [5.41, 5.74) is 0.936. The van der Waals surface area contributed by atoms with Gasteiger partial charge in [0.2, 0.25) is 0 Å². The van der Waals surface area contributed by atoms with Crippen LogP contribution in [0.1, 0.15) is 18.9 Å². The summed E-state index contributed by atoms with van der Waals surface area (Å²) in [5.74, 6) is -0.228. The summed E-state index contributed by atoms with van der Waals surface area (Å²) in [6.45, 7) is 3.69. The molecule has 0 saturated heterocycles. The molecule has 2 aromatic carbocycles. The first-order chi connectivity index (χ1) is 10.1. The molecule has 2 aromatic rings. The normalized spacial score (nSPS) is 10.9. The molecule has 1 N–H and O–H groups in total. The lowest BCUT2D eigenvalue weighted by Gasteiger charge is -2.08. The largest absolute Gasteiger partial charge is 0.313 e. The summed E-state index contributed by atoms with van der Waals surface area (Å²) in [6, 6.07) is 10.5. The summed E-state index contributed by atoms with van der Waals surface area (Å²) in [5, 5.41) is 4.29. The van der Waals surface area contributed by atoms with Crippen molar-refractivity contribution in [3.63, 3.8) is 0 Å². The van der Waals surface area contributed by atoms with E-state index in [-0.39, 0.29) is 5.82 Å². The highest BCUT2D eigenvalue weighted by molar-refractivity contribution is 7.99. The van der Waals surface area contributed by atoms with Gasteiger partial charge in [0.1, 0.15) is 5.82 Å². The van der Waals surface area contributed by atoms with E-state index in [1.165, 1.54) is 17.8 Å². The van der Waals surface area contributed by atoms with E-state index in [1.54, 1.807) is 18.2 Å². The Morgan fingerprint density at radius 2 is 1.86 bits per heavy atom.